The van der Waals surface area contributed by atoms with Crippen molar-refractivity contribution in [2.24, 2.45) is 0 Å². The van der Waals surface area contributed by atoms with Gasteiger partial charge in [0.1, 0.15) is 18.3 Å². The molecule has 0 bridgehead atoms. The Kier molecular flexibility index (Phi) is 13.3. The number of H-pyrrole nitrogens is 1. The standard InChI is InChI=1S/C31H59N5O6Si3/c1-11-21-35-24-27(33-30(32)34-28(24)37)36(31(35)38)29-26(42-45(18-8,19-9)20-10)25(41-44(15-5,16-6)17-7)23(40-29)22-39-43(12-2,13-3)14-4/h11,23,25-26,29H,1,12-22H2,2-10H3,(H3,32,33,34,37)/t23-,25-,26-,29-/m1/s1. The highest BCUT2D eigenvalue weighted by atomic mass is 28.4. The number of nitrogens with one attached hydrogen (secondary N) is 1. The molecular formula is C31H59N5O6Si3. The van der Waals surface area contributed by atoms with Crippen LogP contribution in [-0.4, -0.2) is 69.0 Å². The second-order valence-electron chi connectivity index (χ2n) is 12.4. The lowest BCUT2D eigenvalue weighted by molar-refractivity contribution is -0.0482. The van der Waals surface area contributed by atoms with Crippen LogP contribution in [-0.2, 0) is 24.6 Å². The van der Waals surface area contributed by atoms with Crippen LogP contribution < -0.4 is 17.0 Å². The number of nitrogens with two attached hydrogens (primary N) is 1. The summed E-state index contributed by atoms with van der Waals surface area (Å²) >= 11 is 0. The summed E-state index contributed by atoms with van der Waals surface area (Å²) in [5.74, 6) is -0.0708. The summed E-state index contributed by atoms with van der Waals surface area (Å²) in [6.45, 7) is 24.2. The van der Waals surface area contributed by atoms with Gasteiger partial charge < -0.3 is 23.7 Å². The smallest absolute Gasteiger partial charge is 0.333 e. The second kappa shape index (κ2) is 15.8. The lowest BCUT2D eigenvalue weighted by atomic mass is 10.1. The van der Waals surface area contributed by atoms with Gasteiger partial charge in [-0.3, -0.25) is 14.3 Å². The Morgan fingerprint density at radius 1 is 0.844 bits per heavy atom. The van der Waals surface area contributed by atoms with E-state index in [0.29, 0.717) is 6.61 Å². The summed E-state index contributed by atoms with van der Waals surface area (Å²) in [7, 11) is -6.42. The van der Waals surface area contributed by atoms with E-state index < -0.39 is 60.7 Å². The maximum absolute atomic E-state index is 14.2. The van der Waals surface area contributed by atoms with Crippen LogP contribution in [0.1, 0.15) is 68.5 Å². The fourth-order valence-electron chi connectivity index (χ4n) is 6.94. The molecule has 45 heavy (non-hydrogen) atoms. The van der Waals surface area contributed by atoms with Crippen LogP contribution in [0.25, 0.3) is 11.2 Å². The molecule has 1 saturated heterocycles. The van der Waals surface area contributed by atoms with E-state index in [2.05, 4.69) is 78.9 Å². The van der Waals surface area contributed by atoms with Gasteiger partial charge in [-0.2, -0.15) is 4.98 Å². The normalized spacial score (nSPS) is 21.2. The van der Waals surface area contributed by atoms with Gasteiger partial charge in [-0.1, -0.05) is 68.4 Å². The molecule has 3 heterocycles. The first-order chi connectivity index (χ1) is 21.5. The molecule has 1 fully saturated rings. The highest BCUT2D eigenvalue weighted by molar-refractivity contribution is 6.74. The molecule has 0 spiro atoms. The van der Waals surface area contributed by atoms with Crippen LogP contribution in [0.2, 0.25) is 54.4 Å². The van der Waals surface area contributed by atoms with Crippen molar-refractivity contribution in [2.45, 2.75) is 148 Å². The zero-order valence-electron chi connectivity index (χ0n) is 29.2. The minimum atomic E-state index is -2.26. The van der Waals surface area contributed by atoms with E-state index in [1.165, 1.54) is 9.13 Å². The van der Waals surface area contributed by atoms with Crippen LogP contribution in [0, 0.1) is 0 Å². The minimum absolute atomic E-state index is 0.0708. The summed E-state index contributed by atoms with van der Waals surface area (Å²) in [5, 5.41) is 0. The third-order valence-electron chi connectivity index (χ3n) is 10.8. The molecule has 2 aromatic rings. The number of fused-ring (bicyclic) bond motifs is 1. The summed E-state index contributed by atoms with van der Waals surface area (Å²) in [4.78, 5) is 34.5. The Morgan fingerprint density at radius 3 is 1.80 bits per heavy atom. The van der Waals surface area contributed by atoms with Gasteiger partial charge in [0.05, 0.1) is 6.61 Å². The molecule has 0 aliphatic carbocycles. The number of nitrogens with zero attached hydrogens (tertiary/aromatic N) is 3. The Bertz CT molecular complexity index is 1360. The van der Waals surface area contributed by atoms with Gasteiger partial charge in [0.2, 0.25) is 5.95 Å². The Balaban J connectivity index is 2.33. The quantitative estimate of drug-likeness (QED) is 0.129. The van der Waals surface area contributed by atoms with Gasteiger partial charge >= 0.3 is 5.69 Å². The lowest BCUT2D eigenvalue weighted by Gasteiger charge is -2.40. The molecule has 14 heteroatoms. The largest absolute Gasteiger partial charge is 0.414 e. The Morgan fingerprint density at radius 2 is 1.33 bits per heavy atom. The molecule has 3 rings (SSSR count). The van der Waals surface area contributed by atoms with Crippen molar-refractivity contribution < 1.29 is 18.0 Å². The van der Waals surface area contributed by atoms with Crippen LogP contribution in [0.5, 0.6) is 0 Å². The first-order valence-corrected chi connectivity index (χ1v) is 24.8. The zero-order valence-corrected chi connectivity index (χ0v) is 32.2. The predicted octanol–water partition coefficient (Wildman–Crippen LogP) is 6.35. The summed E-state index contributed by atoms with van der Waals surface area (Å²) in [6.07, 6.45) is -0.795. The van der Waals surface area contributed by atoms with Gasteiger partial charge in [-0.25, -0.2) is 9.36 Å². The monoisotopic (exact) mass is 681 g/mol. The molecule has 256 valence electrons. The number of anilines is 1. The highest BCUT2D eigenvalue weighted by Crippen LogP contribution is 2.41. The van der Waals surface area contributed by atoms with Crippen molar-refractivity contribution in [3.05, 3.63) is 33.5 Å². The SMILES string of the molecule is C=CCn1c(=O)n([C@@H]2O[C@H](CO[Si](CC)(CC)CC)[C@@H](O[Si](CC)(CC)CC)[C@H]2O[Si](CC)(CC)CC)c2nc(N)[nH]c(=O)c21. The molecule has 4 atom stereocenters. The van der Waals surface area contributed by atoms with E-state index in [0.717, 1.165) is 54.4 Å². The molecule has 1 aliphatic rings. The van der Waals surface area contributed by atoms with Crippen molar-refractivity contribution in [3.63, 3.8) is 0 Å². The predicted molar refractivity (Wildman–Crippen MR) is 190 cm³/mol. The molecule has 0 aromatic carbocycles. The molecule has 0 radical (unpaired) electrons. The van der Waals surface area contributed by atoms with E-state index >= 15 is 0 Å². The molecule has 0 saturated carbocycles. The average molecular weight is 682 g/mol. The van der Waals surface area contributed by atoms with E-state index in [1.54, 1.807) is 6.08 Å². The van der Waals surface area contributed by atoms with E-state index in [-0.39, 0.29) is 23.7 Å². The maximum atomic E-state index is 14.2. The number of aromatic nitrogens is 4. The number of hydrogen-bond donors (Lipinski definition) is 2. The lowest BCUT2D eigenvalue weighted by Crippen LogP contribution is -2.53. The first kappa shape index (κ1) is 37.6. The molecule has 2 aromatic heterocycles. The van der Waals surface area contributed by atoms with Gasteiger partial charge in [0.15, 0.2) is 42.3 Å². The fourth-order valence-corrected chi connectivity index (χ4v) is 15.3. The van der Waals surface area contributed by atoms with E-state index in [1.807, 2.05) is 0 Å². The Labute approximate surface area is 272 Å². The fraction of sp³-hybridized carbons (Fsp3) is 0.774. The first-order valence-electron chi connectivity index (χ1n) is 17.2. The van der Waals surface area contributed by atoms with Crippen molar-refractivity contribution in [1.29, 1.82) is 0 Å². The van der Waals surface area contributed by atoms with Crippen LogP contribution in [0.3, 0.4) is 0 Å². The number of aromatic amines is 1. The summed E-state index contributed by atoms with van der Waals surface area (Å²) < 4.78 is 31.3. The number of rotatable bonds is 19. The minimum Gasteiger partial charge on any atom is -0.414 e. The molecule has 3 N–H and O–H groups in total. The van der Waals surface area contributed by atoms with Crippen molar-refractivity contribution >= 4 is 42.1 Å². The molecule has 0 unspecified atom stereocenters. The summed E-state index contributed by atoms with van der Waals surface area (Å²) in [6, 6.07) is 8.68. The van der Waals surface area contributed by atoms with Gasteiger partial charge in [-0.15, -0.1) is 6.58 Å². The maximum Gasteiger partial charge on any atom is 0.333 e. The third-order valence-corrected chi connectivity index (χ3v) is 24.7. The number of hydrogen-bond acceptors (Lipinski definition) is 8. The van der Waals surface area contributed by atoms with E-state index in [4.69, 9.17) is 23.7 Å². The third kappa shape index (κ3) is 7.36. The molecule has 0 amide bonds. The number of nitrogen functional groups attached to an aromatic ring is 1. The molecule has 11 nitrogen and oxygen atoms in total. The second-order valence-corrected chi connectivity index (χ2v) is 26.7. The Hall–Kier alpha value is -1.82. The number of imidazole rings is 1. The van der Waals surface area contributed by atoms with Crippen molar-refractivity contribution in [2.75, 3.05) is 12.3 Å². The molecule has 1 aliphatic heterocycles. The van der Waals surface area contributed by atoms with Crippen LogP contribution >= 0.6 is 0 Å². The van der Waals surface area contributed by atoms with Crippen molar-refractivity contribution in [3.8, 4) is 0 Å². The zero-order chi connectivity index (χ0) is 33.6. The van der Waals surface area contributed by atoms with Gasteiger partial charge in [-0.05, 0) is 54.4 Å². The van der Waals surface area contributed by atoms with Gasteiger partial charge in [0.25, 0.3) is 5.56 Å². The van der Waals surface area contributed by atoms with E-state index in [9.17, 15) is 9.59 Å². The highest BCUT2D eigenvalue weighted by Gasteiger charge is 2.54. The summed E-state index contributed by atoms with van der Waals surface area (Å²) in [5.41, 5.74) is 5.44. The van der Waals surface area contributed by atoms with Crippen LogP contribution in [0.4, 0.5) is 5.95 Å². The average Bonchev–Trinajstić information content (AvgIpc) is 3.52. The number of ether oxygens (including phenoxy) is 1. The number of allylic oxidation sites excluding steroid dienone is 1. The molecular weight excluding hydrogens is 623 g/mol. The van der Waals surface area contributed by atoms with Crippen molar-refractivity contribution in [1.82, 2.24) is 19.1 Å². The van der Waals surface area contributed by atoms with Gasteiger partial charge in [0, 0.05) is 6.54 Å². The van der Waals surface area contributed by atoms with Crippen LogP contribution in [0.15, 0.2) is 22.2 Å². The topological polar surface area (TPSA) is 136 Å².